The topological polar surface area (TPSA) is 105 Å². The maximum atomic E-state index is 16.4. The van der Waals surface area contributed by atoms with Gasteiger partial charge < -0.3 is 19.6 Å². The Morgan fingerprint density at radius 1 is 1.16 bits per heavy atom. The molecule has 1 aliphatic heterocycles. The van der Waals surface area contributed by atoms with E-state index in [0.717, 1.165) is 24.1 Å². The van der Waals surface area contributed by atoms with E-state index in [1.54, 1.807) is 0 Å². The number of likely N-dealkylation sites (tertiary alicyclic amines) is 1. The predicted octanol–water partition coefficient (Wildman–Crippen LogP) is 5.51. The van der Waals surface area contributed by atoms with Crippen LogP contribution in [0.4, 0.5) is 20.5 Å². The van der Waals surface area contributed by atoms with E-state index in [1.807, 2.05) is 31.2 Å². The molecule has 8 nitrogen and oxygen atoms in total. The number of oxazole rings is 1. The standard InChI is InChI=1S/C28H31F2N3O5/c1-17-6-2-3-7-21(17)31-27-32-22-13-10-19(24(29)25(22)37-27)16-23(34)28(30,33-14-4-5-15-33)38-20-11-8-18(9-12-20)26(35)36/h2-3,6-7,10,13,18,20H,4-5,8-9,11-12,14-16H2,1H3,(H,31,32)(H,35,36). The van der Waals surface area contributed by atoms with Crippen LogP contribution in [0.5, 0.6) is 0 Å². The maximum Gasteiger partial charge on any atom is 0.330 e. The lowest BCUT2D eigenvalue weighted by atomic mass is 9.87. The number of carboxylic acids is 1. The highest BCUT2D eigenvalue weighted by Crippen LogP contribution is 2.35. The number of fused-ring (bicyclic) bond motifs is 1. The molecular formula is C28H31F2N3O5. The van der Waals surface area contributed by atoms with Crippen molar-refractivity contribution < 1.29 is 32.6 Å². The number of anilines is 2. The smallest absolute Gasteiger partial charge is 0.330 e. The molecule has 1 saturated heterocycles. The number of alkyl halides is 1. The second kappa shape index (κ2) is 10.8. The molecule has 1 unspecified atom stereocenters. The molecule has 1 saturated carbocycles. The van der Waals surface area contributed by atoms with Gasteiger partial charge in [-0.2, -0.15) is 9.37 Å². The van der Waals surface area contributed by atoms with Crippen LogP contribution in [-0.4, -0.2) is 51.9 Å². The lowest BCUT2D eigenvalue weighted by Gasteiger charge is -2.37. The first kappa shape index (κ1) is 26.2. The Kier molecular flexibility index (Phi) is 7.45. The minimum atomic E-state index is -2.71. The highest BCUT2D eigenvalue weighted by molar-refractivity contribution is 5.88. The van der Waals surface area contributed by atoms with Gasteiger partial charge in [0.25, 0.3) is 6.01 Å². The molecule has 1 aliphatic carbocycles. The summed E-state index contributed by atoms with van der Waals surface area (Å²) in [5.74, 6) is -5.74. The average molecular weight is 528 g/mol. The quantitative estimate of drug-likeness (QED) is 0.351. The van der Waals surface area contributed by atoms with Gasteiger partial charge in [-0.1, -0.05) is 24.3 Å². The van der Waals surface area contributed by atoms with Crippen LogP contribution in [-0.2, 0) is 20.7 Å². The maximum absolute atomic E-state index is 16.4. The molecule has 0 spiro atoms. The molecule has 2 fully saturated rings. The zero-order valence-electron chi connectivity index (χ0n) is 21.2. The lowest BCUT2D eigenvalue weighted by Crippen LogP contribution is -2.54. The van der Waals surface area contributed by atoms with Crippen LogP contribution < -0.4 is 5.32 Å². The summed E-state index contributed by atoms with van der Waals surface area (Å²) < 4.78 is 43.3. The molecule has 0 radical (unpaired) electrons. The second-order valence-corrected chi connectivity index (χ2v) is 10.1. The van der Waals surface area contributed by atoms with E-state index in [4.69, 9.17) is 9.15 Å². The van der Waals surface area contributed by atoms with E-state index >= 15 is 8.78 Å². The number of para-hydroxylation sites is 1. The summed E-state index contributed by atoms with van der Waals surface area (Å²) >= 11 is 0. The Balaban J connectivity index is 1.35. The molecule has 0 bridgehead atoms. The fraction of sp³-hybridized carbons (Fsp3) is 0.464. The number of aliphatic carboxylic acids is 1. The van der Waals surface area contributed by atoms with E-state index in [9.17, 15) is 14.7 Å². The summed E-state index contributed by atoms with van der Waals surface area (Å²) in [5, 5.41) is 12.3. The summed E-state index contributed by atoms with van der Waals surface area (Å²) in [6.07, 6.45) is 1.75. The van der Waals surface area contributed by atoms with Crippen molar-refractivity contribution >= 4 is 34.6 Å². The first-order valence-corrected chi connectivity index (χ1v) is 13.0. The minimum Gasteiger partial charge on any atom is -0.481 e. The normalized spacial score (nSPS) is 21.9. The van der Waals surface area contributed by atoms with Gasteiger partial charge in [-0.3, -0.25) is 9.59 Å². The number of ether oxygens (including phenoxy) is 1. The predicted molar refractivity (Wildman–Crippen MR) is 136 cm³/mol. The third-order valence-electron chi connectivity index (χ3n) is 7.52. The van der Waals surface area contributed by atoms with Crippen molar-refractivity contribution in [3.8, 4) is 0 Å². The van der Waals surface area contributed by atoms with Gasteiger partial charge in [0.2, 0.25) is 5.78 Å². The zero-order chi connectivity index (χ0) is 26.9. The Bertz CT molecular complexity index is 1330. The van der Waals surface area contributed by atoms with Crippen LogP contribution in [0.1, 0.15) is 49.7 Å². The van der Waals surface area contributed by atoms with Gasteiger partial charge in [0.05, 0.1) is 12.0 Å². The Morgan fingerprint density at radius 2 is 1.87 bits per heavy atom. The number of hydrogen-bond donors (Lipinski definition) is 2. The molecule has 0 amide bonds. The Morgan fingerprint density at radius 3 is 2.55 bits per heavy atom. The number of carboxylic acid groups (broad SMARTS) is 1. The second-order valence-electron chi connectivity index (χ2n) is 10.1. The van der Waals surface area contributed by atoms with Crippen molar-refractivity contribution in [1.82, 2.24) is 9.88 Å². The number of nitrogens with one attached hydrogen (secondary N) is 1. The number of rotatable bonds is 9. The summed E-state index contributed by atoms with van der Waals surface area (Å²) in [7, 11) is 0. The summed E-state index contributed by atoms with van der Waals surface area (Å²) in [5.41, 5.74) is 1.86. The van der Waals surface area contributed by atoms with Gasteiger partial charge >= 0.3 is 11.9 Å². The molecule has 2 aromatic carbocycles. The number of Topliss-reactive ketones (excluding diaryl/α,β-unsaturated/α-hetero) is 1. The summed E-state index contributed by atoms with van der Waals surface area (Å²) in [4.78, 5) is 30.3. The van der Waals surface area contributed by atoms with E-state index in [2.05, 4.69) is 10.3 Å². The van der Waals surface area contributed by atoms with Crippen LogP contribution in [0, 0.1) is 18.7 Å². The lowest BCUT2D eigenvalue weighted by molar-refractivity contribution is -0.252. The van der Waals surface area contributed by atoms with Crippen LogP contribution >= 0.6 is 0 Å². The number of halogens is 2. The highest BCUT2D eigenvalue weighted by atomic mass is 19.2. The van der Waals surface area contributed by atoms with Gasteiger partial charge in [-0.25, -0.2) is 9.29 Å². The number of carbonyl (C=O) groups excluding carboxylic acids is 1. The SMILES string of the molecule is Cc1ccccc1Nc1nc2ccc(CC(=O)C(F)(OC3CCC(C(=O)O)CC3)N3CCCC3)c(F)c2o1. The van der Waals surface area contributed by atoms with Crippen LogP contribution in [0.15, 0.2) is 40.8 Å². The molecule has 2 aliphatic rings. The van der Waals surface area contributed by atoms with Gasteiger partial charge in [-0.15, -0.1) is 0 Å². The Hall–Kier alpha value is -3.37. The molecule has 2 heterocycles. The number of nitrogens with zero attached hydrogens (tertiary/aromatic N) is 2. The molecule has 5 rings (SSSR count). The van der Waals surface area contributed by atoms with Crippen molar-refractivity contribution in [2.45, 2.75) is 64.0 Å². The van der Waals surface area contributed by atoms with Gasteiger partial charge in [0.1, 0.15) is 5.52 Å². The fourth-order valence-electron chi connectivity index (χ4n) is 5.27. The minimum absolute atomic E-state index is 0.0134. The molecule has 1 aromatic heterocycles. The number of ketones is 1. The van der Waals surface area contributed by atoms with Crippen LogP contribution in [0.3, 0.4) is 0 Å². The zero-order valence-corrected chi connectivity index (χ0v) is 21.2. The van der Waals surface area contributed by atoms with Crippen molar-refractivity contribution in [3.63, 3.8) is 0 Å². The van der Waals surface area contributed by atoms with Gasteiger partial charge in [-0.05, 0) is 68.7 Å². The molecule has 10 heteroatoms. The number of aromatic nitrogens is 1. The summed E-state index contributed by atoms with van der Waals surface area (Å²) in [6.45, 7) is 2.62. The van der Waals surface area contributed by atoms with Gasteiger partial charge in [0, 0.05) is 25.2 Å². The largest absolute Gasteiger partial charge is 0.481 e. The number of aryl methyl sites for hydroxylation is 1. The first-order valence-electron chi connectivity index (χ1n) is 13.0. The first-order chi connectivity index (χ1) is 18.2. The number of carbonyl (C=O) groups is 2. The number of benzene rings is 2. The Labute approximate surface area is 219 Å². The highest BCUT2D eigenvalue weighted by Gasteiger charge is 2.49. The fourth-order valence-corrected chi connectivity index (χ4v) is 5.27. The molecule has 3 aromatic rings. The monoisotopic (exact) mass is 527 g/mol. The van der Waals surface area contributed by atoms with Gasteiger partial charge in [0.15, 0.2) is 11.4 Å². The molecule has 1 atom stereocenters. The van der Waals surface area contributed by atoms with Crippen molar-refractivity contribution in [1.29, 1.82) is 0 Å². The molecule has 202 valence electrons. The average Bonchev–Trinajstić information content (AvgIpc) is 3.58. The third-order valence-corrected chi connectivity index (χ3v) is 7.52. The van der Waals surface area contributed by atoms with E-state index < -0.39 is 42.0 Å². The summed E-state index contributed by atoms with van der Waals surface area (Å²) in [6, 6.07) is 10.6. The molecule has 2 N–H and O–H groups in total. The number of hydrogen-bond acceptors (Lipinski definition) is 7. The van der Waals surface area contributed by atoms with Crippen molar-refractivity contribution in [3.05, 3.63) is 53.3 Å². The van der Waals surface area contributed by atoms with E-state index in [-0.39, 0.29) is 22.7 Å². The van der Waals surface area contributed by atoms with Crippen LogP contribution in [0.25, 0.3) is 11.1 Å². The third kappa shape index (κ3) is 5.28. The van der Waals surface area contributed by atoms with Crippen molar-refractivity contribution in [2.24, 2.45) is 5.92 Å². The van der Waals surface area contributed by atoms with Crippen molar-refractivity contribution in [2.75, 3.05) is 18.4 Å². The van der Waals surface area contributed by atoms with Crippen LogP contribution in [0.2, 0.25) is 0 Å². The molecule has 38 heavy (non-hydrogen) atoms. The van der Waals surface area contributed by atoms with E-state index in [0.29, 0.717) is 38.8 Å². The van der Waals surface area contributed by atoms with E-state index in [1.165, 1.54) is 17.0 Å². The molecular weight excluding hydrogens is 496 g/mol.